The lowest BCUT2D eigenvalue weighted by Crippen LogP contribution is -2.43. The van der Waals surface area contributed by atoms with Crippen LogP contribution in [0.5, 0.6) is 0 Å². The van der Waals surface area contributed by atoms with Crippen LogP contribution in [0.25, 0.3) is 0 Å². The highest BCUT2D eigenvalue weighted by Crippen LogP contribution is 2.22. The average Bonchev–Trinajstić information content (AvgIpc) is 3.08. The highest BCUT2D eigenvalue weighted by atomic mass is 32.2. The molecule has 6 heteroatoms. The maximum atomic E-state index is 12.6. The monoisotopic (exact) mass is 386 g/mol. The molecule has 1 aliphatic rings. The molecule has 0 bridgehead atoms. The van der Waals surface area contributed by atoms with Crippen LogP contribution in [0.1, 0.15) is 50.9 Å². The largest absolute Gasteiger partial charge is 0.339 e. The van der Waals surface area contributed by atoms with E-state index in [0.29, 0.717) is 11.8 Å². The third kappa shape index (κ3) is 5.34. The van der Waals surface area contributed by atoms with Crippen molar-refractivity contribution in [2.24, 2.45) is 0 Å². The van der Waals surface area contributed by atoms with Gasteiger partial charge < -0.3 is 9.47 Å². The van der Waals surface area contributed by atoms with Crippen molar-refractivity contribution in [3.63, 3.8) is 0 Å². The number of nitrogens with zero attached hydrogens (tertiary/aromatic N) is 4. The van der Waals surface area contributed by atoms with E-state index in [1.807, 2.05) is 11.0 Å². The van der Waals surface area contributed by atoms with Crippen molar-refractivity contribution < 1.29 is 4.79 Å². The van der Waals surface area contributed by atoms with Gasteiger partial charge in [-0.05, 0) is 44.6 Å². The summed E-state index contributed by atoms with van der Waals surface area (Å²) in [5.41, 5.74) is 1.31. The van der Waals surface area contributed by atoms with E-state index in [0.717, 1.165) is 56.2 Å². The SMILES string of the molecule is CCCn1c(CCc2ccccc2)nnc1SCC(=O)N1CCCC[C@@H]1C. The molecule has 146 valence electrons. The van der Waals surface area contributed by atoms with E-state index in [2.05, 4.69) is 52.9 Å². The molecule has 2 heterocycles. The number of hydrogen-bond acceptors (Lipinski definition) is 4. The van der Waals surface area contributed by atoms with Crippen molar-refractivity contribution in [1.82, 2.24) is 19.7 Å². The van der Waals surface area contributed by atoms with Crippen LogP contribution in [0.15, 0.2) is 35.5 Å². The molecule has 5 nitrogen and oxygen atoms in total. The quantitative estimate of drug-likeness (QED) is 0.644. The molecule has 2 aromatic rings. The van der Waals surface area contributed by atoms with Gasteiger partial charge in [0.2, 0.25) is 5.91 Å². The minimum Gasteiger partial charge on any atom is -0.339 e. The normalized spacial score (nSPS) is 17.3. The first-order valence-electron chi connectivity index (χ1n) is 10.1. The van der Waals surface area contributed by atoms with Gasteiger partial charge in [0.05, 0.1) is 5.75 Å². The maximum absolute atomic E-state index is 12.6. The smallest absolute Gasteiger partial charge is 0.233 e. The second-order valence-corrected chi connectivity index (χ2v) is 8.20. The van der Waals surface area contributed by atoms with Gasteiger partial charge >= 0.3 is 0 Å². The molecule has 0 unspecified atom stereocenters. The Morgan fingerprint density at radius 1 is 1.19 bits per heavy atom. The number of likely N-dealkylation sites (tertiary alicyclic amines) is 1. The highest BCUT2D eigenvalue weighted by Gasteiger charge is 2.24. The standard InChI is InChI=1S/C21H30N4OS/c1-3-14-25-19(13-12-18-10-5-4-6-11-18)22-23-21(25)27-16-20(26)24-15-8-7-9-17(24)2/h4-6,10-11,17H,3,7-9,12-16H2,1-2H3/t17-/m0/s1. The van der Waals surface area contributed by atoms with E-state index in [4.69, 9.17) is 0 Å². The van der Waals surface area contributed by atoms with Crippen molar-refractivity contribution >= 4 is 17.7 Å². The fourth-order valence-electron chi connectivity index (χ4n) is 3.64. The van der Waals surface area contributed by atoms with Crippen LogP contribution < -0.4 is 0 Å². The molecule has 0 radical (unpaired) electrons. The van der Waals surface area contributed by atoms with E-state index >= 15 is 0 Å². The van der Waals surface area contributed by atoms with Crippen LogP contribution in [0.2, 0.25) is 0 Å². The molecule has 1 aromatic heterocycles. The Bertz CT molecular complexity index is 731. The minimum absolute atomic E-state index is 0.226. The van der Waals surface area contributed by atoms with Crippen molar-refractivity contribution in [2.45, 2.75) is 70.1 Å². The molecule has 0 spiro atoms. The van der Waals surface area contributed by atoms with Gasteiger partial charge in [-0.25, -0.2) is 0 Å². The Labute approximate surface area is 166 Å². The Morgan fingerprint density at radius 2 is 2.00 bits per heavy atom. The summed E-state index contributed by atoms with van der Waals surface area (Å²) in [5.74, 6) is 1.69. The number of thioether (sulfide) groups is 1. The summed E-state index contributed by atoms with van der Waals surface area (Å²) < 4.78 is 2.19. The second kappa shape index (κ2) is 9.93. The van der Waals surface area contributed by atoms with Crippen LogP contribution >= 0.6 is 11.8 Å². The number of piperidine rings is 1. The first-order valence-corrected chi connectivity index (χ1v) is 11.1. The minimum atomic E-state index is 0.226. The number of aromatic nitrogens is 3. The summed E-state index contributed by atoms with van der Waals surface area (Å²) in [5, 5.41) is 9.68. The number of aryl methyl sites for hydroxylation is 2. The predicted molar refractivity (Wildman–Crippen MR) is 110 cm³/mol. The van der Waals surface area contributed by atoms with Crippen molar-refractivity contribution in [3.05, 3.63) is 41.7 Å². The zero-order valence-electron chi connectivity index (χ0n) is 16.4. The molecule has 0 saturated carbocycles. The molecule has 1 aliphatic heterocycles. The van der Waals surface area contributed by atoms with Gasteiger partial charge in [0.25, 0.3) is 0 Å². The predicted octanol–water partition coefficient (Wildman–Crippen LogP) is 3.97. The van der Waals surface area contributed by atoms with Crippen LogP contribution in [0.3, 0.4) is 0 Å². The number of hydrogen-bond donors (Lipinski definition) is 0. The summed E-state index contributed by atoms with van der Waals surface area (Å²) in [7, 11) is 0. The number of benzene rings is 1. The van der Waals surface area contributed by atoms with E-state index in [9.17, 15) is 4.79 Å². The first kappa shape index (κ1) is 19.9. The Hall–Kier alpha value is -1.82. The van der Waals surface area contributed by atoms with E-state index in [1.54, 1.807) is 0 Å². The van der Waals surface area contributed by atoms with E-state index in [-0.39, 0.29) is 5.91 Å². The third-order valence-corrected chi connectivity index (χ3v) is 6.12. The van der Waals surface area contributed by atoms with Gasteiger partial charge in [0.1, 0.15) is 5.82 Å². The molecule has 1 amide bonds. The molecule has 0 aliphatic carbocycles. The van der Waals surface area contributed by atoms with Gasteiger partial charge in [0.15, 0.2) is 5.16 Å². The third-order valence-electron chi connectivity index (χ3n) is 5.17. The van der Waals surface area contributed by atoms with Gasteiger partial charge in [-0.2, -0.15) is 0 Å². The summed E-state index contributed by atoms with van der Waals surface area (Å²) >= 11 is 1.53. The first-order chi connectivity index (χ1) is 13.2. The second-order valence-electron chi connectivity index (χ2n) is 7.26. The Morgan fingerprint density at radius 3 is 2.74 bits per heavy atom. The molecular weight excluding hydrogens is 356 g/mol. The Balaban J connectivity index is 1.61. The van der Waals surface area contributed by atoms with Crippen molar-refractivity contribution in [3.8, 4) is 0 Å². The fraction of sp³-hybridized carbons (Fsp3) is 0.571. The molecular formula is C21H30N4OS. The van der Waals surface area contributed by atoms with Crippen LogP contribution in [-0.2, 0) is 24.2 Å². The molecule has 27 heavy (non-hydrogen) atoms. The van der Waals surface area contributed by atoms with Crippen molar-refractivity contribution in [1.29, 1.82) is 0 Å². The summed E-state index contributed by atoms with van der Waals surface area (Å²) in [4.78, 5) is 14.7. The lowest BCUT2D eigenvalue weighted by atomic mass is 10.0. The molecule has 3 rings (SSSR count). The number of amides is 1. The van der Waals surface area contributed by atoms with Gasteiger partial charge in [0, 0.05) is 25.6 Å². The molecule has 1 atom stereocenters. The lowest BCUT2D eigenvalue weighted by molar-refractivity contribution is -0.131. The topological polar surface area (TPSA) is 51.0 Å². The maximum Gasteiger partial charge on any atom is 0.233 e. The van der Waals surface area contributed by atoms with Crippen LogP contribution in [0, 0.1) is 0 Å². The summed E-state index contributed by atoms with van der Waals surface area (Å²) in [6.45, 7) is 6.11. The molecule has 0 N–H and O–H groups in total. The van der Waals surface area contributed by atoms with E-state index in [1.165, 1.54) is 23.7 Å². The summed E-state index contributed by atoms with van der Waals surface area (Å²) in [6, 6.07) is 10.8. The average molecular weight is 387 g/mol. The Kier molecular flexibility index (Phi) is 7.33. The van der Waals surface area contributed by atoms with Gasteiger partial charge in [-0.15, -0.1) is 10.2 Å². The van der Waals surface area contributed by atoms with Crippen LogP contribution in [0.4, 0.5) is 0 Å². The zero-order valence-corrected chi connectivity index (χ0v) is 17.2. The van der Waals surface area contributed by atoms with Crippen molar-refractivity contribution in [2.75, 3.05) is 12.3 Å². The number of rotatable bonds is 8. The molecule has 1 aromatic carbocycles. The van der Waals surface area contributed by atoms with Gasteiger partial charge in [-0.1, -0.05) is 49.0 Å². The molecule has 1 fully saturated rings. The van der Waals surface area contributed by atoms with E-state index < -0.39 is 0 Å². The number of carbonyl (C=O) groups excluding carboxylic acids is 1. The highest BCUT2D eigenvalue weighted by molar-refractivity contribution is 7.99. The van der Waals surface area contributed by atoms with Crippen LogP contribution in [-0.4, -0.2) is 43.9 Å². The fourth-order valence-corrected chi connectivity index (χ4v) is 4.51. The lowest BCUT2D eigenvalue weighted by Gasteiger charge is -2.33. The van der Waals surface area contributed by atoms with Gasteiger partial charge in [-0.3, -0.25) is 4.79 Å². The molecule has 1 saturated heterocycles. The zero-order chi connectivity index (χ0) is 19.1. The number of carbonyl (C=O) groups is 1. The summed E-state index contributed by atoms with van der Waals surface area (Å²) in [6.07, 6.45) is 6.32.